The Hall–Kier alpha value is -2.44. The molecule has 6 heteroatoms. The number of rotatable bonds is 2. The summed E-state index contributed by atoms with van der Waals surface area (Å²) in [5, 5.41) is 0. The van der Waals surface area contributed by atoms with Crippen molar-refractivity contribution in [1.29, 1.82) is 0 Å². The summed E-state index contributed by atoms with van der Waals surface area (Å²) in [7, 11) is 0. The SMILES string of the molecule is CC(C)(C)OC(=O)N1CCc2c(-c3cc(C4OCCO4)ccn3)cccc21. The second-order valence-corrected chi connectivity index (χ2v) is 7.73. The van der Waals surface area contributed by atoms with Gasteiger partial charge in [-0.3, -0.25) is 9.88 Å². The quantitative estimate of drug-likeness (QED) is 0.799. The molecule has 0 atom stereocenters. The van der Waals surface area contributed by atoms with E-state index in [0.29, 0.717) is 19.8 Å². The van der Waals surface area contributed by atoms with Crippen LogP contribution in [0, 0.1) is 0 Å². The van der Waals surface area contributed by atoms with E-state index >= 15 is 0 Å². The van der Waals surface area contributed by atoms with E-state index in [1.807, 2.05) is 51.1 Å². The van der Waals surface area contributed by atoms with Crippen molar-refractivity contribution in [2.75, 3.05) is 24.7 Å². The van der Waals surface area contributed by atoms with Crippen LogP contribution in [0.2, 0.25) is 0 Å². The number of aromatic nitrogens is 1. The van der Waals surface area contributed by atoms with E-state index in [4.69, 9.17) is 14.2 Å². The maximum Gasteiger partial charge on any atom is 0.414 e. The molecule has 6 nitrogen and oxygen atoms in total. The minimum absolute atomic E-state index is 0.312. The van der Waals surface area contributed by atoms with Crippen molar-refractivity contribution in [3.05, 3.63) is 47.7 Å². The molecule has 4 rings (SSSR count). The lowest BCUT2D eigenvalue weighted by Crippen LogP contribution is -2.35. The summed E-state index contributed by atoms with van der Waals surface area (Å²) in [6.07, 6.45) is 1.90. The van der Waals surface area contributed by atoms with Gasteiger partial charge in [0.1, 0.15) is 5.60 Å². The van der Waals surface area contributed by atoms with Crippen LogP contribution in [0.15, 0.2) is 36.5 Å². The van der Waals surface area contributed by atoms with Crippen LogP contribution in [0.25, 0.3) is 11.3 Å². The summed E-state index contributed by atoms with van der Waals surface area (Å²) < 4.78 is 16.7. The van der Waals surface area contributed by atoms with E-state index in [0.717, 1.165) is 34.5 Å². The van der Waals surface area contributed by atoms with E-state index < -0.39 is 5.60 Å². The topological polar surface area (TPSA) is 60.9 Å². The Morgan fingerprint density at radius 3 is 2.74 bits per heavy atom. The second-order valence-electron chi connectivity index (χ2n) is 7.73. The van der Waals surface area contributed by atoms with Crippen molar-refractivity contribution < 1.29 is 19.0 Å². The standard InChI is InChI=1S/C21H24N2O4/c1-21(2,3)27-20(24)23-10-8-16-15(5-4-6-18(16)23)17-13-14(7-9-22-17)19-25-11-12-26-19/h4-7,9,13,19H,8,10-12H2,1-3H3. The maximum atomic E-state index is 12.6. The van der Waals surface area contributed by atoms with Crippen molar-refractivity contribution in [1.82, 2.24) is 4.98 Å². The smallest absolute Gasteiger partial charge is 0.414 e. The predicted molar refractivity (Wildman–Crippen MR) is 102 cm³/mol. The maximum absolute atomic E-state index is 12.6. The molecule has 2 aliphatic rings. The number of nitrogens with zero attached hydrogens (tertiary/aromatic N) is 2. The molecule has 0 bridgehead atoms. The van der Waals surface area contributed by atoms with Gasteiger partial charge in [0, 0.05) is 23.9 Å². The molecule has 0 aliphatic carbocycles. The van der Waals surface area contributed by atoms with Crippen LogP contribution in [0.5, 0.6) is 0 Å². The zero-order chi connectivity index (χ0) is 19.0. The molecule has 0 saturated carbocycles. The van der Waals surface area contributed by atoms with Gasteiger partial charge in [0.15, 0.2) is 6.29 Å². The summed E-state index contributed by atoms with van der Waals surface area (Å²) in [6.45, 7) is 7.44. The fourth-order valence-electron chi connectivity index (χ4n) is 3.47. The number of anilines is 1. The summed E-state index contributed by atoms with van der Waals surface area (Å²) in [6, 6.07) is 9.87. The van der Waals surface area contributed by atoms with E-state index in [1.165, 1.54) is 0 Å². The van der Waals surface area contributed by atoms with Crippen molar-refractivity contribution in [3.63, 3.8) is 0 Å². The molecule has 1 amide bonds. The van der Waals surface area contributed by atoms with Crippen LogP contribution in [0.1, 0.15) is 38.2 Å². The highest BCUT2D eigenvalue weighted by molar-refractivity contribution is 5.92. The molecule has 0 unspecified atom stereocenters. The van der Waals surface area contributed by atoms with Crippen LogP contribution < -0.4 is 4.90 Å². The van der Waals surface area contributed by atoms with Gasteiger partial charge < -0.3 is 14.2 Å². The minimum atomic E-state index is -0.519. The monoisotopic (exact) mass is 368 g/mol. The molecule has 2 aliphatic heterocycles. The number of benzene rings is 1. The molecular formula is C21H24N2O4. The number of ether oxygens (including phenoxy) is 3. The molecule has 1 aromatic heterocycles. The van der Waals surface area contributed by atoms with Gasteiger partial charge in [0.2, 0.25) is 0 Å². The Balaban J connectivity index is 1.65. The highest BCUT2D eigenvalue weighted by Gasteiger charge is 2.30. The third-order valence-corrected chi connectivity index (χ3v) is 4.60. The van der Waals surface area contributed by atoms with Gasteiger partial charge in [0.25, 0.3) is 0 Å². The van der Waals surface area contributed by atoms with Crippen molar-refractivity contribution in [2.45, 2.75) is 39.1 Å². The predicted octanol–water partition coefficient (Wildman–Crippen LogP) is 4.09. The third kappa shape index (κ3) is 3.68. The average molecular weight is 368 g/mol. The third-order valence-electron chi connectivity index (χ3n) is 4.60. The van der Waals surface area contributed by atoms with Gasteiger partial charge in [-0.05, 0) is 51.0 Å². The average Bonchev–Trinajstić information content (AvgIpc) is 3.30. The van der Waals surface area contributed by atoms with Gasteiger partial charge in [-0.1, -0.05) is 12.1 Å². The van der Waals surface area contributed by atoms with Crippen molar-refractivity contribution >= 4 is 11.8 Å². The fraction of sp³-hybridized carbons (Fsp3) is 0.429. The van der Waals surface area contributed by atoms with Gasteiger partial charge in [-0.15, -0.1) is 0 Å². The summed E-state index contributed by atoms with van der Waals surface area (Å²) in [4.78, 5) is 18.8. The molecule has 1 saturated heterocycles. The number of carbonyl (C=O) groups is 1. The van der Waals surface area contributed by atoms with Gasteiger partial charge in [0.05, 0.1) is 24.6 Å². The highest BCUT2D eigenvalue weighted by atomic mass is 16.7. The van der Waals surface area contributed by atoms with Crippen molar-refractivity contribution in [3.8, 4) is 11.3 Å². The number of pyridine rings is 1. The molecule has 0 radical (unpaired) electrons. The molecule has 1 aromatic carbocycles. The van der Waals surface area contributed by atoms with Gasteiger partial charge in [-0.25, -0.2) is 4.79 Å². The molecule has 0 spiro atoms. The number of fused-ring (bicyclic) bond motifs is 1. The number of hydrogen-bond acceptors (Lipinski definition) is 5. The summed E-state index contributed by atoms with van der Waals surface area (Å²) >= 11 is 0. The lowest BCUT2D eigenvalue weighted by atomic mass is 10.0. The Kier molecular flexibility index (Phi) is 4.61. The van der Waals surface area contributed by atoms with E-state index in [1.54, 1.807) is 11.1 Å². The summed E-state index contributed by atoms with van der Waals surface area (Å²) in [5.41, 5.74) is 4.32. The van der Waals surface area contributed by atoms with Crippen LogP contribution in [-0.2, 0) is 20.6 Å². The second kappa shape index (κ2) is 6.94. The zero-order valence-electron chi connectivity index (χ0n) is 15.9. The molecule has 0 N–H and O–H groups in total. The number of carbonyl (C=O) groups excluding carboxylic acids is 1. The zero-order valence-corrected chi connectivity index (χ0v) is 15.9. The Labute approximate surface area is 159 Å². The van der Waals surface area contributed by atoms with Crippen LogP contribution in [0.4, 0.5) is 10.5 Å². The van der Waals surface area contributed by atoms with Gasteiger partial charge in [-0.2, -0.15) is 0 Å². The van der Waals surface area contributed by atoms with E-state index in [-0.39, 0.29) is 12.4 Å². The van der Waals surface area contributed by atoms with E-state index in [9.17, 15) is 4.79 Å². The molecule has 2 aromatic rings. The molecule has 1 fully saturated rings. The number of amides is 1. The molecule has 3 heterocycles. The largest absolute Gasteiger partial charge is 0.443 e. The molecule has 27 heavy (non-hydrogen) atoms. The van der Waals surface area contributed by atoms with Crippen LogP contribution in [-0.4, -0.2) is 36.4 Å². The minimum Gasteiger partial charge on any atom is -0.443 e. The van der Waals surface area contributed by atoms with Gasteiger partial charge >= 0.3 is 6.09 Å². The summed E-state index contributed by atoms with van der Waals surface area (Å²) in [5.74, 6) is 0. The lowest BCUT2D eigenvalue weighted by Gasteiger charge is -2.25. The molecule has 142 valence electrons. The van der Waals surface area contributed by atoms with Crippen molar-refractivity contribution in [2.24, 2.45) is 0 Å². The Morgan fingerprint density at radius 2 is 2.00 bits per heavy atom. The van der Waals surface area contributed by atoms with Crippen LogP contribution >= 0.6 is 0 Å². The first-order valence-corrected chi connectivity index (χ1v) is 9.24. The first-order valence-electron chi connectivity index (χ1n) is 9.24. The number of hydrogen-bond donors (Lipinski definition) is 0. The molecular weight excluding hydrogens is 344 g/mol. The Bertz CT molecular complexity index is 854. The van der Waals surface area contributed by atoms with Crippen LogP contribution in [0.3, 0.4) is 0 Å². The first-order chi connectivity index (χ1) is 12.9. The fourth-order valence-corrected chi connectivity index (χ4v) is 3.47. The first kappa shape index (κ1) is 17.9. The Morgan fingerprint density at radius 1 is 1.22 bits per heavy atom. The lowest BCUT2D eigenvalue weighted by molar-refractivity contribution is -0.0441. The van der Waals surface area contributed by atoms with E-state index in [2.05, 4.69) is 4.98 Å². The highest BCUT2D eigenvalue weighted by Crippen LogP contribution is 2.37. The normalized spacial score (nSPS) is 17.2.